The number of carbonyl (C=O) groups excluding carboxylic acids is 1. The van der Waals surface area contributed by atoms with E-state index >= 15 is 0 Å². The maximum Gasteiger partial charge on any atom is 0.348 e. The molecule has 0 radical (unpaired) electrons. The summed E-state index contributed by atoms with van der Waals surface area (Å²) in [5, 5.41) is 13.7. The molecule has 1 fully saturated rings. The maximum absolute atomic E-state index is 12.3. The molecule has 2 rings (SSSR count). The van der Waals surface area contributed by atoms with Crippen molar-refractivity contribution >= 4 is 28.9 Å². The normalized spacial score (nSPS) is 17.7. The molecule has 98 valence electrons. The van der Waals surface area contributed by atoms with Gasteiger partial charge in [-0.05, 0) is 30.7 Å². The molecule has 1 heterocycles. The van der Waals surface area contributed by atoms with Crippen molar-refractivity contribution < 1.29 is 14.7 Å². The second-order valence-electron chi connectivity index (χ2n) is 5.15. The molecular formula is C13H17NO3S. The third-order valence-electron chi connectivity index (χ3n) is 3.66. The van der Waals surface area contributed by atoms with Gasteiger partial charge in [0.15, 0.2) is 0 Å². The van der Waals surface area contributed by atoms with Gasteiger partial charge in [-0.15, -0.1) is 11.3 Å². The van der Waals surface area contributed by atoms with Crippen molar-refractivity contribution in [2.75, 3.05) is 5.32 Å². The molecule has 5 heteroatoms. The van der Waals surface area contributed by atoms with Crippen LogP contribution in [0.4, 0.5) is 5.69 Å². The van der Waals surface area contributed by atoms with Gasteiger partial charge >= 0.3 is 5.97 Å². The molecule has 4 nitrogen and oxygen atoms in total. The van der Waals surface area contributed by atoms with Crippen molar-refractivity contribution in [2.24, 2.45) is 5.41 Å². The van der Waals surface area contributed by atoms with Gasteiger partial charge in [0, 0.05) is 5.41 Å². The Morgan fingerprint density at radius 2 is 2.00 bits per heavy atom. The van der Waals surface area contributed by atoms with E-state index in [1.165, 1.54) is 0 Å². The lowest BCUT2D eigenvalue weighted by molar-refractivity contribution is -0.124. The number of anilines is 1. The fourth-order valence-electron chi connectivity index (χ4n) is 2.40. The molecule has 0 aromatic carbocycles. The van der Waals surface area contributed by atoms with Crippen LogP contribution in [0.1, 0.15) is 47.8 Å². The average molecular weight is 267 g/mol. The second kappa shape index (κ2) is 4.72. The van der Waals surface area contributed by atoms with Crippen LogP contribution < -0.4 is 5.32 Å². The van der Waals surface area contributed by atoms with Crippen molar-refractivity contribution in [3.8, 4) is 0 Å². The molecule has 0 bridgehead atoms. The third-order valence-corrected chi connectivity index (χ3v) is 4.75. The summed E-state index contributed by atoms with van der Waals surface area (Å²) in [6.45, 7) is 3.77. The largest absolute Gasteiger partial charge is 0.477 e. The third kappa shape index (κ3) is 2.27. The summed E-state index contributed by atoms with van der Waals surface area (Å²) in [6, 6.07) is 0. The number of aromatic carboxylic acids is 1. The minimum absolute atomic E-state index is 0.0519. The first-order valence-electron chi connectivity index (χ1n) is 6.07. The van der Waals surface area contributed by atoms with E-state index in [1.54, 1.807) is 5.38 Å². The predicted molar refractivity (Wildman–Crippen MR) is 71.2 cm³/mol. The number of carboxylic acid groups (broad SMARTS) is 1. The topological polar surface area (TPSA) is 66.4 Å². The zero-order chi connectivity index (χ0) is 13.3. The Bertz CT molecular complexity index is 486. The van der Waals surface area contributed by atoms with Gasteiger partial charge in [0.25, 0.3) is 0 Å². The number of amides is 1. The summed E-state index contributed by atoms with van der Waals surface area (Å²) >= 11 is 1.15. The van der Waals surface area contributed by atoms with Crippen molar-refractivity contribution in [2.45, 2.75) is 39.5 Å². The highest BCUT2D eigenvalue weighted by Gasteiger charge is 2.37. The van der Waals surface area contributed by atoms with Crippen molar-refractivity contribution in [3.63, 3.8) is 0 Å². The van der Waals surface area contributed by atoms with Gasteiger partial charge in [-0.25, -0.2) is 4.79 Å². The monoisotopic (exact) mass is 267 g/mol. The Labute approximate surface area is 110 Å². The summed E-state index contributed by atoms with van der Waals surface area (Å²) in [7, 11) is 0. The highest BCUT2D eigenvalue weighted by molar-refractivity contribution is 7.12. The molecular weight excluding hydrogens is 250 g/mol. The summed E-state index contributed by atoms with van der Waals surface area (Å²) in [5.41, 5.74) is 0.933. The van der Waals surface area contributed by atoms with Crippen LogP contribution in [0.2, 0.25) is 0 Å². The summed E-state index contributed by atoms with van der Waals surface area (Å²) < 4.78 is 0. The second-order valence-corrected chi connectivity index (χ2v) is 6.03. The number of carboxylic acids is 1. The molecule has 0 atom stereocenters. The first-order valence-corrected chi connectivity index (χ1v) is 6.95. The molecule has 1 aromatic heterocycles. The molecule has 1 amide bonds. The zero-order valence-electron chi connectivity index (χ0n) is 10.6. The lowest BCUT2D eigenvalue weighted by atomic mass is 9.87. The van der Waals surface area contributed by atoms with Gasteiger partial charge in [0.1, 0.15) is 4.88 Å². The molecule has 2 N–H and O–H groups in total. The smallest absolute Gasteiger partial charge is 0.348 e. The van der Waals surface area contributed by atoms with Gasteiger partial charge in [-0.1, -0.05) is 19.8 Å². The van der Waals surface area contributed by atoms with Crippen LogP contribution in [0.3, 0.4) is 0 Å². The molecule has 0 saturated heterocycles. The number of rotatable bonds is 3. The molecule has 1 aliphatic rings. The van der Waals surface area contributed by atoms with E-state index in [9.17, 15) is 9.59 Å². The standard InChI is InChI=1S/C13H17NO3S/c1-8-7-18-10(11(15)16)9(8)14-12(17)13(2)5-3-4-6-13/h7H,3-6H2,1-2H3,(H,14,17)(H,15,16). The van der Waals surface area contributed by atoms with Crippen LogP contribution in [-0.2, 0) is 4.79 Å². The Morgan fingerprint density at radius 1 is 1.39 bits per heavy atom. The number of aryl methyl sites for hydroxylation is 1. The lowest BCUT2D eigenvalue weighted by Gasteiger charge is -2.22. The predicted octanol–water partition coefficient (Wildman–Crippen LogP) is 3.27. The molecule has 1 saturated carbocycles. The molecule has 0 spiro atoms. The Hall–Kier alpha value is -1.36. The van der Waals surface area contributed by atoms with Crippen LogP contribution in [0.5, 0.6) is 0 Å². The van der Waals surface area contributed by atoms with Crippen LogP contribution in [-0.4, -0.2) is 17.0 Å². The SMILES string of the molecule is Cc1csc(C(=O)O)c1NC(=O)C1(C)CCCC1. The van der Waals surface area contributed by atoms with Crippen LogP contribution in [0.15, 0.2) is 5.38 Å². The number of nitrogens with one attached hydrogen (secondary N) is 1. The highest BCUT2D eigenvalue weighted by Crippen LogP contribution is 2.39. The quantitative estimate of drug-likeness (QED) is 0.883. The highest BCUT2D eigenvalue weighted by atomic mass is 32.1. The fraction of sp³-hybridized carbons (Fsp3) is 0.538. The summed E-state index contributed by atoms with van der Waals surface area (Å²) in [4.78, 5) is 23.5. The van der Waals surface area contributed by atoms with Crippen LogP contribution in [0.25, 0.3) is 0 Å². The minimum Gasteiger partial charge on any atom is -0.477 e. The van der Waals surface area contributed by atoms with Gasteiger partial charge in [0.05, 0.1) is 5.69 Å². The Balaban J connectivity index is 2.21. The Kier molecular flexibility index (Phi) is 3.43. The van der Waals surface area contributed by atoms with E-state index in [1.807, 2.05) is 13.8 Å². The fourth-order valence-corrected chi connectivity index (χ4v) is 3.25. The van der Waals surface area contributed by atoms with E-state index in [0.29, 0.717) is 5.69 Å². The minimum atomic E-state index is -0.986. The first-order chi connectivity index (χ1) is 8.44. The molecule has 1 aromatic rings. The van der Waals surface area contributed by atoms with Crippen molar-refractivity contribution in [1.82, 2.24) is 0 Å². The van der Waals surface area contributed by atoms with Crippen LogP contribution >= 0.6 is 11.3 Å². The number of hydrogen-bond donors (Lipinski definition) is 2. The molecule has 0 aliphatic heterocycles. The van der Waals surface area contributed by atoms with E-state index in [4.69, 9.17) is 5.11 Å². The van der Waals surface area contributed by atoms with Crippen molar-refractivity contribution in [3.05, 3.63) is 15.8 Å². The number of carbonyl (C=O) groups is 2. The van der Waals surface area contributed by atoms with Gasteiger partial charge < -0.3 is 10.4 Å². The summed E-state index contributed by atoms with van der Waals surface area (Å²) in [6.07, 6.45) is 3.89. The lowest BCUT2D eigenvalue weighted by Crippen LogP contribution is -2.31. The van der Waals surface area contributed by atoms with Crippen molar-refractivity contribution in [1.29, 1.82) is 0 Å². The first kappa shape index (κ1) is 13.1. The Morgan fingerprint density at radius 3 is 2.56 bits per heavy atom. The van der Waals surface area contributed by atoms with Gasteiger partial charge in [-0.2, -0.15) is 0 Å². The van der Waals surface area contributed by atoms with E-state index in [2.05, 4.69) is 5.32 Å². The molecule has 0 unspecified atom stereocenters. The average Bonchev–Trinajstić information content (AvgIpc) is 2.88. The zero-order valence-corrected chi connectivity index (χ0v) is 11.4. The van der Waals surface area contributed by atoms with E-state index in [0.717, 1.165) is 42.6 Å². The maximum atomic E-state index is 12.3. The summed E-state index contributed by atoms with van der Waals surface area (Å²) in [5.74, 6) is -1.04. The number of thiophene rings is 1. The molecule has 1 aliphatic carbocycles. The number of hydrogen-bond acceptors (Lipinski definition) is 3. The van der Waals surface area contributed by atoms with Gasteiger partial charge in [-0.3, -0.25) is 4.79 Å². The molecule has 18 heavy (non-hydrogen) atoms. The van der Waals surface area contributed by atoms with E-state index in [-0.39, 0.29) is 16.2 Å². The van der Waals surface area contributed by atoms with E-state index < -0.39 is 5.97 Å². The van der Waals surface area contributed by atoms with Gasteiger partial charge in [0.2, 0.25) is 5.91 Å². The van der Waals surface area contributed by atoms with Crippen LogP contribution in [0, 0.1) is 12.3 Å².